The number of thiophene rings is 1. The average molecular weight is 391 g/mol. The predicted molar refractivity (Wildman–Crippen MR) is 98.3 cm³/mol. The van der Waals surface area contributed by atoms with Crippen LogP contribution in [0, 0.1) is 20.2 Å². The Morgan fingerprint density at radius 3 is 2.15 bits per heavy atom. The van der Waals surface area contributed by atoms with Crippen LogP contribution in [0.5, 0.6) is 0 Å². The van der Waals surface area contributed by atoms with Gasteiger partial charge in [-0.05, 0) is 25.3 Å². The number of carbonyl (C=O) groups is 2. The largest absolute Gasteiger partial charge is 0.313 e. The highest BCUT2D eigenvalue weighted by atomic mass is 32.1. The maximum absolute atomic E-state index is 12.4. The summed E-state index contributed by atoms with van der Waals surface area (Å²) in [6.07, 6.45) is 0. The molecule has 11 nitrogen and oxygen atoms in total. The minimum atomic E-state index is -0.834. The number of nitro groups is 2. The van der Waals surface area contributed by atoms with E-state index in [2.05, 4.69) is 15.8 Å². The summed E-state index contributed by atoms with van der Waals surface area (Å²) in [5.74, 6) is -1.38. The molecule has 0 aliphatic heterocycles. The van der Waals surface area contributed by atoms with Crippen LogP contribution in [-0.2, 0) is 0 Å². The maximum Gasteiger partial charge on any atom is 0.277 e. The first kappa shape index (κ1) is 19.7. The summed E-state index contributed by atoms with van der Waals surface area (Å²) in [5, 5.41) is 29.8. The number of benzene rings is 1. The van der Waals surface area contributed by atoms with Gasteiger partial charge in [0, 0.05) is 17.8 Å². The highest BCUT2D eigenvalue weighted by Gasteiger charge is 2.21. The van der Waals surface area contributed by atoms with E-state index in [1.165, 1.54) is 6.07 Å². The van der Waals surface area contributed by atoms with Crippen LogP contribution in [0.3, 0.4) is 0 Å². The third-order valence-electron chi connectivity index (χ3n) is 3.10. The van der Waals surface area contributed by atoms with Crippen molar-refractivity contribution in [3.8, 4) is 0 Å². The van der Waals surface area contributed by atoms with E-state index in [-0.39, 0.29) is 16.1 Å². The van der Waals surface area contributed by atoms with Gasteiger partial charge in [-0.3, -0.25) is 29.8 Å². The Hall–Kier alpha value is -3.67. The van der Waals surface area contributed by atoms with Crippen molar-refractivity contribution in [2.24, 2.45) is 5.10 Å². The zero-order valence-electron chi connectivity index (χ0n) is 14.1. The third-order valence-corrected chi connectivity index (χ3v) is 3.93. The fraction of sp³-hybridized carbons (Fsp3) is 0.133. The summed E-state index contributed by atoms with van der Waals surface area (Å²) in [5.41, 5.74) is 1.61. The van der Waals surface area contributed by atoms with Gasteiger partial charge in [-0.25, -0.2) is 5.43 Å². The molecule has 0 spiro atoms. The molecule has 1 heterocycles. The molecular formula is C15H13N5O6S. The van der Waals surface area contributed by atoms with Gasteiger partial charge in [0.15, 0.2) is 0 Å². The van der Waals surface area contributed by atoms with Crippen molar-refractivity contribution >= 4 is 45.2 Å². The number of nitro benzene ring substituents is 2. The number of hydrogen-bond acceptors (Lipinski definition) is 8. The van der Waals surface area contributed by atoms with Crippen LogP contribution < -0.4 is 10.7 Å². The highest BCUT2D eigenvalue weighted by molar-refractivity contribution is 7.14. The van der Waals surface area contributed by atoms with Crippen molar-refractivity contribution in [2.45, 2.75) is 13.8 Å². The topological polar surface area (TPSA) is 157 Å². The molecule has 0 bridgehead atoms. The molecule has 27 heavy (non-hydrogen) atoms. The summed E-state index contributed by atoms with van der Waals surface area (Å²) in [6, 6.07) is 4.05. The van der Waals surface area contributed by atoms with Gasteiger partial charge in [-0.2, -0.15) is 5.10 Å². The second-order valence-corrected chi connectivity index (χ2v) is 6.29. The maximum atomic E-state index is 12.4. The number of hydrazone groups is 1. The second-order valence-electron chi connectivity index (χ2n) is 5.37. The summed E-state index contributed by atoms with van der Waals surface area (Å²) in [7, 11) is 0. The van der Waals surface area contributed by atoms with Gasteiger partial charge in [0.25, 0.3) is 23.2 Å². The van der Waals surface area contributed by atoms with Crippen LogP contribution in [-0.4, -0.2) is 27.4 Å². The van der Waals surface area contributed by atoms with Crippen LogP contribution in [0.1, 0.15) is 34.6 Å². The molecule has 2 amide bonds. The van der Waals surface area contributed by atoms with Gasteiger partial charge in [-0.15, -0.1) is 11.3 Å². The zero-order valence-corrected chi connectivity index (χ0v) is 14.9. The van der Waals surface area contributed by atoms with Crippen molar-refractivity contribution < 1.29 is 19.4 Å². The predicted octanol–water partition coefficient (Wildman–Crippen LogP) is 2.94. The second kappa shape index (κ2) is 8.14. The van der Waals surface area contributed by atoms with Crippen LogP contribution in [0.15, 0.2) is 34.7 Å². The van der Waals surface area contributed by atoms with Gasteiger partial charge in [-0.1, -0.05) is 0 Å². The highest BCUT2D eigenvalue weighted by Crippen LogP contribution is 2.26. The summed E-state index contributed by atoms with van der Waals surface area (Å²) >= 11 is 1.05. The first-order valence-electron chi connectivity index (χ1n) is 7.33. The molecule has 0 aliphatic rings. The normalized spacial score (nSPS) is 10.0. The van der Waals surface area contributed by atoms with Gasteiger partial charge in [0.1, 0.15) is 5.00 Å². The van der Waals surface area contributed by atoms with Crippen molar-refractivity contribution in [3.63, 3.8) is 0 Å². The quantitative estimate of drug-likeness (QED) is 0.438. The number of carbonyl (C=O) groups excluding carboxylic acids is 2. The zero-order chi connectivity index (χ0) is 20.1. The summed E-state index contributed by atoms with van der Waals surface area (Å²) < 4.78 is 0. The van der Waals surface area contributed by atoms with E-state index >= 15 is 0 Å². The van der Waals surface area contributed by atoms with E-state index in [9.17, 15) is 29.8 Å². The van der Waals surface area contributed by atoms with E-state index in [0.29, 0.717) is 5.71 Å². The number of anilines is 1. The van der Waals surface area contributed by atoms with Crippen LogP contribution in [0.25, 0.3) is 0 Å². The Balaban J connectivity index is 2.30. The third kappa shape index (κ3) is 4.92. The molecule has 2 aromatic rings. The van der Waals surface area contributed by atoms with E-state index in [4.69, 9.17) is 0 Å². The first-order chi connectivity index (χ1) is 12.7. The van der Waals surface area contributed by atoms with Crippen molar-refractivity contribution in [3.05, 3.63) is 61.0 Å². The Morgan fingerprint density at radius 1 is 1.04 bits per heavy atom. The Morgan fingerprint density at radius 2 is 1.63 bits per heavy atom. The number of non-ortho nitro benzene ring substituents is 2. The number of hydrogen-bond donors (Lipinski definition) is 2. The molecular weight excluding hydrogens is 378 g/mol. The molecule has 0 aliphatic carbocycles. The van der Waals surface area contributed by atoms with Crippen molar-refractivity contribution in [1.29, 1.82) is 0 Å². The molecule has 2 N–H and O–H groups in total. The number of amides is 2. The molecule has 0 saturated heterocycles. The van der Waals surface area contributed by atoms with Crippen LogP contribution in [0.2, 0.25) is 0 Å². The fourth-order valence-corrected chi connectivity index (χ4v) is 2.70. The first-order valence-corrected chi connectivity index (χ1v) is 8.21. The van der Waals surface area contributed by atoms with E-state index in [1.807, 2.05) is 0 Å². The lowest BCUT2D eigenvalue weighted by atomic mass is 10.1. The molecule has 0 atom stereocenters. The SMILES string of the molecule is CC(C)=NNC(=O)c1ccsc1NC(=O)c1cc([N+](=O)[O-])cc([N+](=O)[O-])c1. The summed E-state index contributed by atoms with van der Waals surface area (Å²) in [6.45, 7) is 3.37. The molecule has 1 aromatic carbocycles. The fourth-order valence-electron chi connectivity index (χ4n) is 1.92. The smallest absolute Gasteiger partial charge is 0.277 e. The van der Waals surface area contributed by atoms with Crippen LogP contribution >= 0.6 is 11.3 Å². The lowest BCUT2D eigenvalue weighted by molar-refractivity contribution is -0.394. The van der Waals surface area contributed by atoms with E-state index < -0.39 is 33.0 Å². The number of nitrogens with one attached hydrogen (secondary N) is 2. The molecule has 0 unspecified atom stereocenters. The van der Waals surface area contributed by atoms with Gasteiger partial charge in [0.2, 0.25) is 0 Å². The van der Waals surface area contributed by atoms with E-state index in [1.54, 1.807) is 19.2 Å². The molecule has 1 aromatic heterocycles. The van der Waals surface area contributed by atoms with Gasteiger partial charge >= 0.3 is 0 Å². The van der Waals surface area contributed by atoms with Crippen molar-refractivity contribution in [1.82, 2.24) is 5.43 Å². The number of rotatable bonds is 6. The Labute approximate surface area is 156 Å². The Bertz CT molecular complexity index is 931. The van der Waals surface area contributed by atoms with E-state index in [0.717, 1.165) is 29.5 Å². The molecule has 0 saturated carbocycles. The molecule has 140 valence electrons. The number of nitrogens with zero attached hydrogens (tertiary/aromatic N) is 3. The van der Waals surface area contributed by atoms with Gasteiger partial charge in [0.05, 0.1) is 27.0 Å². The van der Waals surface area contributed by atoms with Gasteiger partial charge < -0.3 is 5.32 Å². The minimum Gasteiger partial charge on any atom is -0.313 e. The minimum absolute atomic E-state index is 0.137. The monoisotopic (exact) mass is 391 g/mol. The van der Waals surface area contributed by atoms with Crippen molar-refractivity contribution in [2.75, 3.05) is 5.32 Å². The average Bonchev–Trinajstić information content (AvgIpc) is 3.07. The van der Waals surface area contributed by atoms with Crippen LogP contribution in [0.4, 0.5) is 16.4 Å². The molecule has 0 radical (unpaired) electrons. The Kier molecular flexibility index (Phi) is 5.92. The summed E-state index contributed by atoms with van der Waals surface area (Å²) in [4.78, 5) is 44.7. The lowest BCUT2D eigenvalue weighted by Crippen LogP contribution is -2.20. The molecule has 2 rings (SSSR count). The lowest BCUT2D eigenvalue weighted by Gasteiger charge is -2.06. The standard InChI is InChI=1S/C15H13N5O6S/c1-8(2)17-18-14(22)12-3-4-27-15(12)16-13(21)9-5-10(19(23)24)7-11(6-9)20(25)26/h3-7H,1-2H3,(H,16,21)(H,18,22). The molecule has 0 fully saturated rings. The molecule has 12 heteroatoms.